The van der Waals surface area contributed by atoms with E-state index in [0.29, 0.717) is 16.6 Å². The van der Waals surface area contributed by atoms with E-state index in [0.717, 1.165) is 40.1 Å². The standard InChI is InChI=1S/C25H16F2N2O/c26-21-13-17-6-9-18(29-24(17)14-22(21)27)8-4-15-3-5-16-7-10-23-19(2-1-11-28-23)25(30)20(16)12-15/h1-14,25,30H. The Hall–Kier alpha value is -3.70. The van der Waals surface area contributed by atoms with Crippen molar-refractivity contribution in [2.75, 3.05) is 0 Å². The molecule has 0 bridgehead atoms. The van der Waals surface area contributed by atoms with Crippen molar-refractivity contribution in [3.8, 4) is 0 Å². The maximum absolute atomic E-state index is 13.5. The van der Waals surface area contributed by atoms with Gasteiger partial charge >= 0.3 is 0 Å². The van der Waals surface area contributed by atoms with Gasteiger partial charge in [-0.25, -0.2) is 13.8 Å². The molecule has 1 unspecified atom stereocenters. The largest absolute Gasteiger partial charge is 0.384 e. The molecule has 0 aliphatic heterocycles. The van der Waals surface area contributed by atoms with E-state index in [1.165, 1.54) is 0 Å². The molecule has 0 fully saturated rings. The van der Waals surface area contributed by atoms with Crippen LogP contribution in [-0.4, -0.2) is 15.1 Å². The summed E-state index contributed by atoms with van der Waals surface area (Å²) in [7, 11) is 0. The van der Waals surface area contributed by atoms with Crippen LogP contribution in [-0.2, 0) is 0 Å². The summed E-state index contributed by atoms with van der Waals surface area (Å²) in [6, 6.07) is 15.2. The Bertz CT molecular complexity index is 1340. The SMILES string of the molecule is OC1c2cc(C=Cc3ccc4cc(F)c(F)cc4n3)ccc2C=Cc2ncccc21. The molecule has 1 atom stereocenters. The van der Waals surface area contributed by atoms with Gasteiger partial charge in [-0.3, -0.25) is 4.98 Å². The molecule has 1 aliphatic carbocycles. The molecule has 1 aliphatic rings. The predicted octanol–water partition coefficient (Wildman–Crippen LogP) is 5.64. The van der Waals surface area contributed by atoms with Crippen LogP contribution in [0.25, 0.3) is 35.2 Å². The van der Waals surface area contributed by atoms with E-state index in [-0.39, 0.29) is 0 Å². The van der Waals surface area contributed by atoms with Crippen LogP contribution in [0, 0.1) is 11.6 Å². The Labute approximate surface area is 171 Å². The number of aliphatic hydroxyl groups is 1. The van der Waals surface area contributed by atoms with E-state index < -0.39 is 17.7 Å². The molecule has 0 saturated carbocycles. The number of benzene rings is 2. The van der Waals surface area contributed by atoms with Crippen LogP contribution in [0.15, 0.2) is 60.8 Å². The molecule has 2 aromatic heterocycles. The van der Waals surface area contributed by atoms with Crippen LogP contribution < -0.4 is 0 Å². The summed E-state index contributed by atoms with van der Waals surface area (Å²) in [5, 5.41) is 11.4. The van der Waals surface area contributed by atoms with Crippen LogP contribution in [0.5, 0.6) is 0 Å². The molecule has 0 spiro atoms. The van der Waals surface area contributed by atoms with Crippen LogP contribution in [0.4, 0.5) is 8.78 Å². The number of hydrogen-bond donors (Lipinski definition) is 1. The lowest BCUT2D eigenvalue weighted by Gasteiger charge is -2.14. The molecular weight excluding hydrogens is 382 g/mol. The van der Waals surface area contributed by atoms with Crippen LogP contribution in [0.3, 0.4) is 0 Å². The Morgan fingerprint density at radius 2 is 1.73 bits per heavy atom. The number of hydrogen-bond acceptors (Lipinski definition) is 3. The smallest absolute Gasteiger partial charge is 0.161 e. The van der Waals surface area contributed by atoms with Gasteiger partial charge < -0.3 is 5.11 Å². The molecule has 1 N–H and O–H groups in total. The van der Waals surface area contributed by atoms with Crippen molar-refractivity contribution < 1.29 is 13.9 Å². The van der Waals surface area contributed by atoms with Crippen molar-refractivity contribution in [3.63, 3.8) is 0 Å². The lowest BCUT2D eigenvalue weighted by Crippen LogP contribution is -2.03. The third-order valence-electron chi connectivity index (χ3n) is 5.19. The van der Waals surface area contributed by atoms with Crippen LogP contribution in [0.1, 0.15) is 39.7 Å². The van der Waals surface area contributed by atoms with E-state index in [9.17, 15) is 13.9 Å². The number of nitrogens with zero attached hydrogens (tertiary/aromatic N) is 2. The molecule has 3 nitrogen and oxygen atoms in total. The van der Waals surface area contributed by atoms with Crippen LogP contribution >= 0.6 is 0 Å². The average Bonchev–Trinajstić information content (AvgIpc) is 2.90. The highest BCUT2D eigenvalue weighted by atomic mass is 19.2. The summed E-state index contributed by atoms with van der Waals surface area (Å²) in [5.41, 5.74) is 5.14. The topological polar surface area (TPSA) is 46.0 Å². The minimum absolute atomic E-state index is 0.391. The van der Waals surface area contributed by atoms with Crippen molar-refractivity contribution >= 4 is 35.2 Å². The first kappa shape index (κ1) is 18.3. The highest BCUT2D eigenvalue weighted by molar-refractivity contribution is 5.81. The van der Waals surface area contributed by atoms with E-state index >= 15 is 0 Å². The zero-order chi connectivity index (χ0) is 20.7. The molecule has 2 aromatic carbocycles. The number of fused-ring (bicyclic) bond motifs is 3. The monoisotopic (exact) mass is 398 g/mol. The molecule has 5 heteroatoms. The van der Waals surface area contributed by atoms with Crippen LogP contribution in [0.2, 0.25) is 0 Å². The summed E-state index contributed by atoms with van der Waals surface area (Å²) < 4.78 is 26.9. The fourth-order valence-corrected chi connectivity index (χ4v) is 3.63. The number of rotatable bonds is 2. The highest BCUT2D eigenvalue weighted by Gasteiger charge is 2.19. The van der Waals surface area contributed by atoms with Gasteiger partial charge in [-0.15, -0.1) is 0 Å². The van der Waals surface area contributed by atoms with Crippen molar-refractivity contribution in [3.05, 3.63) is 106 Å². The Morgan fingerprint density at radius 1 is 0.867 bits per heavy atom. The zero-order valence-corrected chi connectivity index (χ0v) is 15.8. The first-order chi connectivity index (χ1) is 14.6. The number of aromatic nitrogens is 2. The van der Waals surface area contributed by atoms with Crippen molar-refractivity contribution in [2.24, 2.45) is 0 Å². The van der Waals surface area contributed by atoms with E-state index in [4.69, 9.17) is 0 Å². The Balaban J connectivity index is 1.49. The molecule has 4 aromatic rings. The Kier molecular flexibility index (Phi) is 4.45. The van der Waals surface area contributed by atoms with Gasteiger partial charge in [-0.2, -0.15) is 0 Å². The van der Waals surface area contributed by atoms with Gasteiger partial charge in [0.2, 0.25) is 0 Å². The van der Waals surface area contributed by atoms with E-state index in [1.54, 1.807) is 24.4 Å². The van der Waals surface area contributed by atoms with Gasteiger partial charge in [0.1, 0.15) is 6.10 Å². The Morgan fingerprint density at radius 3 is 2.63 bits per heavy atom. The summed E-state index contributed by atoms with van der Waals surface area (Å²) in [4.78, 5) is 8.71. The third kappa shape index (κ3) is 3.29. The maximum atomic E-state index is 13.5. The normalized spacial score (nSPS) is 15.2. The zero-order valence-electron chi connectivity index (χ0n) is 15.8. The van der Waals surface area contributed by atoms with Gasteiger partial charge in [0.25, 0.3) is 0 Å². The highest BCUT2D eigenvalue weighted by Crippen LogP contribution is 2.32. The summed E-state index contributed by atoms with van der Waals surface area (Å²) in [6.07, 6.45) is 8.46. The second kappa shape index (κ2) is 7.28. The lowest BCUT2D eigenvalue weighted by atomic mass is 9.96. The summed E-state index contributed by atoms with van der Waals surface area (Å²) >= 11 is 0. The van der Waals surface area contributed by atoms with Gasteiger partial charge in [-0.1, -0.05) is 36.4 Å². The van der Waals surface area contributed by atoms with E-state index in [2.05, 4.69) is 9.97 Å². The number of aliphatic hydroxyl groups excluding tert-OH is 1. The predicted molar refractivity (Wildman–Crippen MR) is 114 cm³/mol. The second-order valence-corrected chi connectivity index (χ2v) is 7.13. The molecule has 5 rings (SSSR count). The van der Waals surface area contributed by atoms with Gasteiger partial charge in [0.15, 0.2) is 11.6 Å². The van der Waals surface area contributed by atoms with E-state index in [1.807, 2.05) is 48.6 Å². The molecular formula is C25H16F2N2O. The minimum atomic E-state index is -0.918. The first-order valence-corrected chi connectivity index (χ1v) is 9.47. The summed E-state index contributed by atoms with van der Waals surface area (Å²) in [5.74, 6) is -1.80. The molecule has 0 radical (unpaired) electrons. The maximum Gasteiger partial charge on any atom is 0.161 e. The minimum Gasteiger partial charge on any atom is -0.384 e. The average molecular weight is 398 g/mol. The van der Waals surface area contributed by atoms with Crippen molar-refractivity contribution in [2.45, 2.75) is 6.10 Å². The second-order valence-electron chi connectivity index (χ2n) is 7.13. The lowest BCUT2D eigenvalue weighted by molar-refractivity contribution is 0.219. The molecule has 146 valence electrons. The third-order valence-corrected chi connectivity index (χ3v) is 5.19. The first-order valence-electron chi connectivity index (χ1n) is 9.47. The fraction of sp³-hybridized carbons (Fsp3) is 0.0400. The number of pyridine rings is 2. The molecule has 30 heavy (non-hydrogen) atoms. The van der Waals surface area contributed by atoms with Gasteiger partial charge in [0, 0.05) is 23.2 Å². The molecule has 0 amide bonds. The van der Waals surface area contributed by atoms with Gasteiger partial charge in [0.05, 0.1) is 16.9 Å². The number of halogens is 2. The molecule has 0 saturated heterocycles. The molecule has 2 heterocycles. The van der Waals surface area contributed by atoms with Crippen molar-refractivity contribution in [1.82, 2.24) is 9.97 Å². The summed E-state index contributed by atoms with van der Waals surface area (Å²) in [6.45, 7) is 0. The quantitative estimate of drug-likeness (QED) is 0.475. The van der Waals surface area contributed by atoms with Gasteiger partial charge in [-0.05, 0) is 53.1 Å². The fourth-order valence-electron chi connectivity index (χ4n) is 3.63. The van der Waals surface area contributed by atoms with Crippen molar-refractivity contribution in [1.29, 1.82) is 0 Å².